The Balaban J connectivity index is 0.00000361. The van der Waals surface area contributed by atoms with Gasteiger partial charge in [-0.05, 0) is 27.7 Å². The molecule has 1 aromatic rings. The second-order valence-corrected chi connectivity index (χ2v) is 5.24. The van der Waals surface area contributed by atoms with E-state index in [0.29, 0.717) is 22.2 Å². The SMILES string of the molecule is CCOC(=O)c1sc(C(C)NC(=O)[C@@H](C)N)nc1C.Cl. The van der Waals surface area contributed by atoms with Crippen molar-refractivity contribution in [3.8, 4) is 0 Å². The number of nitrogens with two attached hydrogens (primary N) is 1. The summed E-state index contributed by atoms with van der Waals surface area (Å²) in [5.74, 6) is -0.632. The number of esters is 1. The van der Waals surface area contributed by atoms with Crippen LogP contribution in [0.2, 0.25) is 0 Å². The van der Waals surface area contributed by atoms with E-state index in [1.165, 1.54) is 11.3 Å². The monoisotopic (exact) mass is 321 g/mol. The van der Waals surface area contributed by atoms with E-state index in [4.69, 9.17) is 10.5 Å². The first kappa shape index (κ1) is 18.8. The molecule has 0 fully saturated rings. The maximum absolute atomic E-state index is 11.7. The summed E-state index contributed by atoms with van der Waals surface area (Å²) in [6.45, 7) is 7.22. The minimum atomic E-state index is -0.576. The van der Waals surface area contributed by atoms with Crippen LogP contribution in [0, 0.1) is 6.92 Å². The van der Waals surface area contributed by atoms with Crippen LogP contribution in [0.3, 0.4) is 0 Å². The fourth-order valence-electron chi connectivity index (χ4n) is 1.40. The van der Waals surface area contributed by atoms with Gasteiger partial charge in [-0.2, -0.15) is 0 Å². The van der Waals surface area contributed by atoms with Crippen LogP contribution in [-0.4, -0.2) is 29.5 Å². The lowest BCUT2D eigenvalue weighted by Gasteiger charge is -2.12. The van der Waals surface area contributed by atoms with Gasteiger partial charge < -0.3 is 15.8 Å². The smallest absolute Gasteiger partial charge is 0.350 e. The Morgan fingerprint density at radius 1 is 1.45 bits per heavy atom. The van der Waals surface area contributed by atoms with Crippen LogP contribution in [0.15, 0.2) is 0 Å². The van der Waals surface area contributed by atoms with E-state index in [-0.39, 0.29) is 30.3 Å². The lowest BCUT2D eigenvalue weighted by molar-refractivity contribution is -0.122. The fraction of sp³-hybridized carbons (Fsp3) is 0.583. The van der Waals surface area contributed by atoms with E-state index in [1.807, 2.05) is 0 Å². The molecule has 114 valence electrons. The predicted molar refractivity (Wildman–Crippen MR) is 80.3 cm³/mol. The van der Waals surface area contributed by atoms with Gasteiger partial charge in [0, 0.05) is 0 Å². The number of hydrogen-bond acceptors (Lipinski definition) is 6. The highest BCUT2D eigenvalue weighted by molar-refractivity contribution is 7.13. The number of carbonyl (C=O) groups is 2. The number of rotatable bonds is 5. The molecule has 0 radical (unpaired) electrons. The number of halogens is 1. The molecule has 20 heavy (non-hydrogen) atoms. The molecule has 6 nitrogen and oxygen atoms in total. The zero-order valence-electron chi connectivity index (χ0n) is 11.9. The summed E-state index contributed by atoms with van der Waals surface area (Å²) in [5, 5.41) is 3.40. The number of aromatic nitrogens is 1. The molecule has 1 rings (SSSR count). The molecule has 1 heterocycles. The molecular formula is C12H20ClN3O3S. The van der Waals surface area contributed by atoms with Gasteiger partial charge in [0.2, 0.25) is 5.91 Å². The summed E-state index contributed by atoms with van der Waals surface area (Å²) < 4.78 is 4.95. The first-order chi connectivity index (χ1) is 8.86. The average molecular weight is 322 g/mol. The first-order valence-corrected chi connectivity index (χ1v) is 6.88. The lowest BCUT2D eigenvalue weighted by Crippen LogP contribution is -2.39. The number of ether oxygens (including phenoxy) is 1. The van der Waals surface area contributed by atoms with Crippen molar-refractivity contribution in [2.24, 2.45) is 5.73 Å². The van der Waals surface area contributed by atoms with Crippen molar-refractivity contribution < 1.29 is 14.3 Å². The molecule has 8 heteroatoms. The van der Waals surface area contributed by atoms with Crippen LogP contribution in [-0.2, 0) is 9.53 Å². The topological polar surface area (TPSA) is 94.3 Å². The minimum Gasteiger partial charge on any atom is -0.462 e. The molecule has 2 atom stereocenters. The molecular weight excluding hydrogens is 302 g/mol. The summed E-state index contributed by atoms with van der Waals surface area (Å²) in [7, 11) is 0. The third kappa shape index (κ3) is 4.73. The Bertz CT molecular complexity index is 477. The van der Waals surface area contributed by atoms with Crippen molar-refractivity contribution in [1.82, 2.24) is 10.3 Å². The van der Waals surface area contributed by atoms with Gasteiger partial charge >= 0.3 is 5.97 Å². The largest absolute Gasteiger partial charge is 0.462 e. The second kappa shape index (κ2) is 8.18. The zero-order chi connectivity index (χ0) is 14.6. The van der Waals surface area contributed by atoms with Gasteiger partial charge in [0.15, 0.2) is 0 Å². The maximum Gasteiger partial charge on any atom is 0.350 e. The zero-order valence-corrected chi connectivity index (χ0v) is 13.6. The molecule has 1 aromatic heterocycles. The quantitative estimate of drug-likeness (QED) is 0.803. The van der Waals surface area contributed by atoms with E-state index in [9.17, 15) is 9.59 Å². The highest BCUT2D eigenvalue weighted by Crippen LogP contribution is 2.24. The Hall–Kier alpha value is -1.18. The fourth-order valence-corrected chi connectivity index (χ4v) is 2.36. The molecule has 1 unspecified atom stereocenters. The Kier molecular flexibility index (Phi) is 7.70. The summed E-state index contributed by atoms with van der Waals surface area (Å²) >= 11 is 1.23. The van der Waals surface area contributed by atoms with Gasteiger partial charge in [-0.3, -0.25) is 4.79 Å². The minimum absolute atomic E-state index is 0. The normalized spacial score (nSPS) is 13.1. The van der Waals surface area contributed by atoms with E-state index in [2.05, 4.69) is 10.3 Å². The summed E-state index contributed by atoms with van der Waals surface area (Å²) in [6, 6.07) is -0.863. The molecule has 0 aliphatic rings. The van der Waals surface area contributed by atoms with Gasteiger partial charge in [0.25, 0.3) is 0 Å². The number of nitrogens with one attached hydrogen (secondary N) is 1. The van der Waals surface area contributed by atoms with Crippen molar-refractivity contribution in [3.05, 3.63) is 15.6 Å². The van der Waals surface area contributed by atoms with Crippen LogP contribution < -0.4 is 11.1 Å². The predicted octanol–water partition coefficient (Wildman–Crippen LogP) is 1.57. The van der Waals surface area contributed by atoms with Crippen molar-refractivity contribution in [1.29, 1.82) is 0 Å². The van der Waals surface area contributed by atoms with Crippen molar-refractivity contribution >= 4 is 35.6 Å². The molecule has 0 aromatic carbocycles. The number of amides is 1. The third-order valence-electron chi connectivity index (χ3n) is 2.42. The summed E-state index contributed by atoms with van der Waals surface area (Å²) in [4.78, 5) is 27.9. The molecule has 0 spiro atoms. The van der Waals surface area contributed by atoms with Crippen molar-refractivity contribution in [2.75, 3.05) is 6.61 Å². The Morgan fingerprint density at radius 2 is 2.05 bits per heavy atom. The molecule has 0 aliphatic heterocycles. The van der Waals surface area contributed by atoms with Crippen LogP contribution in [0.1, 0.15) is 47.2 Å². The summed E-state index contributed by atoms with van der Waals surface area (Å²) in [6.07, 6.45) is 0. The van der Waals surface area contributed by atoms with E-state index >= 15 is 0 Å². The van der Waals surface area contributed by atoms with Gasteiger partial charge in [-0.1, -0.05) is 0 Å². The van der Waals surface area contributed by atoms with Crippen LogP contribution >= 0.6 is 23.7 Å². The lowest BCUT2D eigenvalue weighted by atomic mass is 10.3. The molecule has 0 bridgehead atoms. The third-order valence-corrected chi connectivity index (χ3v) is 3.74. The van der Waals surface area contributed by atoms with Gasteiger partial charge in [0.1, 0.15) is 9.88 Å². The van der Waals surface area contributed by atoms with E-state index < -0.39 is 6.04 Å². The Labute approximate surface area is 128 Å². The molecule has 0 aliphatic carbocycles. The summed E-state index contributed by atoms with van der Waals surface area (Å²) in [5.41, 5.74) is 6.09. The van der Waals surface area contributed by atoms with Crippen LogP contribution in [0.25, 0.3) is 0 Å². The van der Waals surface area contributed by atoms with Gasteiger partial charge in [-0.25, -0.2) is 9.78 Å². The molecule has 0 saturated heterocycles. The van der Waals surface area contributed by atoms with Gasteiger partial charge in [-0.15, -0.1) is 23.7 Å². The van der Waals surface area contributed by atoms with Gasteiger partial charge in [0.05, 0.1) is 24.4 Å². The number of carbonyl (C=O) groups excluding carboxylic acids is 2. The first-order valence-electron chi connectivity index (χ1n) is 6.07. The number of thiazole rings is 1. The number of hydrogen-bond donors (Lipinski definition) is 2. The number of aryl methyl sites for hydroxylation is 1. The molecule has 3 N–H and O–H groups in total. The molecule has 1 amide bonds. The van der Waals surface area contributed by atoms with Crippen molar-refractivity contribution in [3.63, 3.8) is 0 Å². The highest BCUT2D eigenvalue weighted by atomic mass is 35.5. The highest BCUT2D eigenvalue weighted by Gasteiger charge is 2.21. The van der Waals surface area contributed by atoms with E-state index in [1.54, 1.807) is 27.7 Å². The second-order valence-electron chi connectivity index (χ2n) is 4.21. The Morgan fingerprint density at radius 3 is 2.55 bits per heavy atom. The van der Waals surface area contributed by atoms with E-state index in [0.717, 1.165) is 0 Å². The number of nitrogens with zero attached hydrogens (tertiary/aromatic N) is 1. The van der Waals surface area contributed by atoms with Crippen LogP contribution in [0.4, 0.5) is 0 Å². The van der Waals surface area contributed by atoms with Crippen LogP contribution in [0.5, 0.6) is 0 Å². The molecule has 0 saturated carbocycles. The standard InChI is InChI=1S/C12H19N3O3S.ClH/c1-5-18-12(17)9-7(3)15-11(19-9)8(4)14-10(16)6(2)13;/h6,8H,5,13H2,1-4H3,(H,14,16);1H/t6-,8?;/m1./s1. The van der Waals surface area contributed by atoms with Crippen molar-refractivity contribution in [2.45, 2.75) is 39.8 Å². The maximum atomic E-state index is 11.7. The average Bonchev–Trinajstić information content (AvgIpc) is 2.71.